The van der Waals surface area contributed by atoms with Crippen LogP contribution in [0, 0.1) is 18.3 Å². The number of terminal acetylenes is 1. The fraction of sp³-hybridized carbons (Fsp3) is 0.833. The SMILES string of the molecule is C#CC(C)N1CCNC(C(C)CC)C1. The highest BCUT2D eigenvalue weighted by Crippen LogP contribution is 2.13. The van der Waals surface area contributed by atoms with Gasteiger partial charge in [-0.15, -0.1) is 6.42 Å². The molecule has 1 aliphatic heterocycles. The quantitative estimate of drug-likeness (QED) is 0.682. The van der Waals surface area contributed by atoms with Crippen molar-refractivity contribution in [2.45, 2.75) is 39.3 Å². The Morgan fingerprint density at radius 3 is 2.86 bits per heavy atom. The van der Waals surface area contributed by atoms with Gasteiger partial charge in [-0.3, -0.25) is 4.90 Å². The van der Waals surface area contributed by atoms with Crippen LogP contribution in [0.2, 0.25) is 0 Å². The third kappa shape index (κ3) is 2.73. The second-order valence-corrected chi connectivity index (χ2v) is 4.28. The number of nitrogens with zero attached hydrogens (tertiary/aromatic N) is 1. The summed E-state index contributed by atoms with van der Waals surface area (Å²) in [6.45, 7) is 9.91. The van der Waals surface area contributed by atoms with Crippen LogP contribution in [0.4, 0.5) is 0 Å². The summed E-state index contributed by atoms with van der Waals surface area (Å²) in [5.74, 6) is 3.55. The molecular weight excluding hydrogens is 172 g/mol. The van der Waals surface area contributed by atoms with Gasteiger partial charge in [0.05, 0.1) is 6.04 Å². The van der Waals surface area contributed by atoms with Crippen LogP contribution in [0.15, 0.2) is 0 Å². The Kier molecular flexibility index (Phi) is 4.44. The molecule has 1 N–H and O–H groups in total. The van der Waals surface area contributed by atoms with Crippen LogP contribution in [0.25, 0.3) is 0 Å². The van der Waals surface area contributed by atoms with Gasteiger partial charge in [0.25, 0.3) is 0 Å². The van der Waals surface area contributed by atoms with Crippen molar-refractivity contribution in [1.29, 1.82) is 0 Å². The van der Waals surface area contributed by atoms with Gasteiger partial charge in [0, 0.05) is 25.7 Å². The number of nitrogens with one attached hydrogen (secondary N) is 1. The van der Waals surface area contributed by atoms with E-state index >= 15 is 0 Å². The van der Waals surface area contributed by atoms with Crippen LogP contribution in [0.1, 0.15) is 27.2 Å². The van der Waals surface area contributed by atoms with E-state index in [-0.39, 0.29) is 6.04 Å². The molecule has 1 fully saturated rings. The first kappa shape index (κ1) is 11.6. The number of hydrogen-bond acceptors (Lipinski definition) is 2. The molecular formula is C12H22N2. The number of rotatable bonds is 3. The Morgan fingerprint density at radius 1 is 1.57 bits per heavy atom. The van der Waals surface area contributed by atoms with Crippen LogP contribution in [-0.2, 0) is 0 Å². The van der Waals surface area contributed by atoms with Crippen LogP contribution in [-0.4, -0.2) is 36.6 Å². The largest absolute Gasteiger partial charge is 0.311 e. The Hall–Kier alpha value is -0.520. The lowest BCUT2D eigenvalue weighted by Crippen LogP contribution is -2.55. The van der Waals surface area contributed by atoms with E-state index < -0.39 is 0 Å². The fourth-order valence-electron chi connectivity index (χ4n) is 1.92. The van der Waals surface area contributed by atoms with E-state index in [1.165, 1.54) is 6.42 Å². The molecule has 0 bridgehead atoms. The lowest BCUT2D eigenvalue weighted by molar-refractivity contribution is 0.152. The Bertz CT molecular complexity index is 207. The van der Waals surface area contributed by atoms with Gasteiger partial charge in [0.2, 0.25) is 0 Å². The maximum absolute atomic E-state index is 5.44. The van der Waals surface area contributed by atoms with Gasteiger partial charge in [-0.25, -0.2) is 0 Å². The van der Waals surface area contributed by atoms with Crippen molar-refractivity contribution >= 4 is 0 Å². The molecule has 3 unspecified atom stereocenters. The van der Waals surface area contributed by atoms with E-state index in [1.54, 1.807) is 0 Å². The molecule has 1 rings (SSSR count). The standard InChI is InChI=1S/C12H22N2/c1-5-10(3)12-9-14(8-7-13-12)11(4)6-2/h2,10-13H,5,7-9H2,1,3-4H3. The lowest BCUT2D eigenvalue weighted by Gasteiger charge is -2.38. The molecule has 0 aromatic heterocycles. The van der Waals surface area contributed by atoms with E-state index in [0.717, 1.165) is 25.6 Å². The molecule has 0 amide bonds. The minimum absolute atomic E-state index is 0.281. The van der Waals surface area contributed by atoms with Crippen LogP contribution in [0.3, 0.4) is 0 Å². The van der Waals surface area contributed by atoms with Gasteiger partial charge >= 0.3 is 0 Å². The zero-order valence-corrected chi connectivity index (χ0v) is 9.59. The minimum atomic E-state index is 0.281. The number of piperazine rings is 1. The molecule has 80 valence electrons. The zero-order chi connectivity index (χ0) is 10.6. The Labute approximate surface area is 88.1 Å². The molecule has 0 spiro atoms. The molecule has 0 radical (unpaired) electrons. The molecule has 14 heavy (non-hydrogen) atoms. The molecule has 2 nitrogen and oxygen atoms in total. The van der Waals surface area contributed by atoms with Crippen molar-refractivity contribution in [3.8, 4) is 12.3 Å². The molecule has 1 saturated heterocycles. The highest BCUT2D eigenvalue weighted by Gasteiger charge is 2.24. The van der Waals surface area contributed by atoms with Crippen molar-refractivity contribution in [3.05, 3.63) is 0 Å². The second kappa shape index (κ2) is 5.38. The van der Waals surface area contributed by atoms with Gasteiger partial charge < -0.3 is 5.32 Å². The molecule has 1 aliphatic rings. The highest BCUT2D eigenvalue weighted by atomic mass is 15.2. The molecule has 2 heteroatoms. The summed E-state index contributed by atoms with van der Waals surface area (Å²) in [5, 5.41) is 3.57. The summed E-state index contributed by atoms with van der Waals surface area (Å²) in [7, 11) is 0. The van der Waals surface area contributed by atoms with Crippen molar-refractivity contribution in [1.82, 2.24) is 10.2 Å². The smallest absolute Gasteiger partial charge is 0.0684 e. The summed E-state index contributed by atoms with van der Waals surface area (Å²) in [5.41, 5.74) is 0. The second-order valence-electron chi connectivity index (χ2n) is 4.28. The van der Waals surface area contributed by atoms with Gasteiger partial charge in [-0.1, -0.05) is 26.2 Å². The fourth-order valence-corrected chi connectivity index (χ4v) is 1.92. The normalized spacial score (nSPS) is 28.0. The summed E-state index contributed by atoms with van der Waals surface area (Å²) in [6.07, 6.45) is 6.68. The van der Waals surface area contributed by atoms with Gasteiger partial charge in [0.15, 0.2) is 0 Å². The third-order valence-corrected chi connectivity index (χ3v) is 3.36. The maximum Gasteiger partial charge on any atom is 0.0684 e. The highest BCUT2D eigenvalue weighted by molar-refractivity contribution is 4.99. The van der Waals surface area contributed by atoms with Crippen LogP contribution in [0.5, 0.6) is 0 Å². The lowest BCUT2D eigenvalue weighted by atomic mass is 9.96. The van der Waals surface area contributed by atoms with Crippen molar-refractivity contribution in [2.75, 3.05) is 19.6 Å². The van der Waals surface area contributed by atoms with Crippen LogP contribution < -0.4 is 5.32 Å². The van der Waals surface area contributed by atoms with E-state index in [9.17, 15) is 0 Å². The van der Waals surface area contributed by atoms with E-state index in [4.69, 9.17) is 6.42 Å². The topological polar surface area (TPSA) is 15.3 Å². The van der Waals surface area contributed by atoms with Crippen molar-refractivity contribution < 1.29 is 0 Å². The Balaban J connectivity index is 2.48. The monoisotopic (exact) mass is 194 g/mol. The summed E-state index contributed by atoms with van der Waals surface area (Å²) < 4.78 is 0. The average Bonchev–Trinajstić information content (AvgIpc) is 2.27. The summed E-state index contributed by atoms with van der Waals surface area (Å²) in [6, 6.07) is 0.896. The molecule has 3 atom stereocenters. The molecule has 0 saturated carbocycles. The Morgan fingerprint density at radius 2 is 2.29 bits per heavy atom. The summed E-state index contributed by atoms with van der Waals surface area (Å²) in [4.78, 5) is 2.40. The molecule has 0 aliphatic carbocycles. The van der Waals surface area contributed by atoms with E-state index in [1.807, 2.05) is 0 Å². The average molecular weight is 194 g/mol. The van der Waals surface area contributed by atoms with Gasteiger partial charge in [0.1, 0.15) is 0 Å². The number of hydrogen-bond donors (Lipinski definition) is 1. The predicted molar refractivity (Wildman–Crippen MR) is 61.1 cm³/mol. The van der Waals surface area contributed by atoms with Gasteiger partial charge in [-0.2, -0.15) is 0 Å². The first-order valence-corrected chi connectivity index (χ1v) is 5.62. The van der Waals surface area contributed by atoms with Crippen LogP contribution >= 0.6 is 0 Å². The molecule has 0 aromatic carbocycles. The molecule has 1 heterocycles. The predicted octanol–water partition coefficient (Wildman–Crippen LogP) is 1.33. The summed E-state index contributed by atoms with van der Waals surface area (Å²) >= 11 is 0. The first-order chi connectivity index (χ1) is 6.69. The first-order valence-electron chi connectivity index (χ1n) is 5.62. The zero-order valence-electron chi connectivity index (χ0n) is 9.59. The van der Waals surface area contributed by atoms with E-state index in [0.29, 0.717) is 6.04 Å². The minimum Gasteiger partial charge on any atom is -0.311 e. The third-order valence-electron chi connectivity index (χ3n) is 3.36. The molecule has 0 aromatic rings. The van der Waals surface area contributed by atoms with Gasteiger partial charge in [-0.05, 0) is 12.8 Å². The maximum atomic E-state index is 5.44. The van der Waals surface area contributed by atoms with E-state index in [2.05, 4.69) is 36.9 Å². The van der Waals surface area contributed by atoms with Crippen molar-refractivity contribution in [2.24, 2.45) is 5.92 Å². The van der Waals surface area contributed by atoms with Crippen molar-refractivity contribution in [3.63, 3.8) is 0 Å².